The molecule has 88 valence electrons. The van der Waals surface area contributed by atoms with Crippen molar-refractivity contribution >= 4 is 5.78 Å². The number of hydrogen-bond donors (Lipinski definition) is 0. The van der Waals surface area contributed by atoms with E-state index in [-0.39, 0.29) is 5.78 Å². The van der Waals surface area contributed by atoms with Crippen LogP contribution >= 0.6 is 0 Å². The Kier molecular flexibility index (Phi) is 4.69. The van der Waals surface area contributed by atoms with Crippen molar-refractivity contribution in [2.45, 2.75) is 20.8 Å². The molecule has 0 aliphatic carbocycles. The van der Waals surface area contributed by atoms with Crippen molar-refractivity contribution in [1.29, 1.82) is 0 Å². The number of carbonyl (C=O) groups is 1. The van der Waals surface area contributed by atoms with E-state index in [4.69, 9.17) is 0 Å². The van der Waals surface area contributed by atoms with Gasteiger partial charge in [-0.3, -0.25) is 9.69 Å². The van der Waals surface area contributed by atoms with Crippen LogP contribution in [0, 0.1) is 12.8 Å². The molecule has 0 aliphatic rings. The zero-order chi connectivity index (χ0) is 12.1. The summed E-state index contributed by atoms with van der Waals surface area (Å²) in [7, 11) is 1.99. The predicted octanol–water partition coefficient (Wildman–Crippen LogP) is 2.77. The molecule has 0 fully saturated rings. The van der Waals surface area contributed by atoms with Crippen LogP contribution in [0.4, 0.5) is 0 Å². The Bertz CT molecular complexity index is 358. The van der Waals surface area contributed by atoms with E-state index in [1.165, 1.54) is 0 Å². The van der Waals surface area contributed by atoms with Gasteiger partial charge in [0.25, 0.3) is 0 Å². The highest BCUT2D eigenvalue weighted by atomic mass is 16.1. The monoisotopic (exact) mass is 219 g/mol. The summed E-state index contributed by atoms with van der Waals surface area (Å²) >= 11 is 0. The zero-order valence-corrected chi connectivity index (χ0v) is 10.7. The average Bonchev–Trinajstić information content (AvgIpc) is 2.16. The maximum absolute atomic E-state index is 11.9. The van der Waals surface area contributed by atoms with Crippen molar-refractivity contribution in [3.8, 4) is 0 Å². The number of likely N-dealkylation sites (N-methyl/N-ethyl adjacent to an activating group) is 1. The lowest BCUT2D eigenvalue weighted by Crippen LogP contribution is -2.29. The minimum absolute atomic E-state index is 0.201. The minimum Gasteiger partial charge on any atom is -0.299 e. The smallest absolute Gasteiger partial charge is 0.176 e. The second-order valence-corrected chi connectivity index (χ2v) is 4.88. The van der Waals surface area contributed by atoms with Gasteiger partial charge in [-0.15, -0.1) is 0 Å². The maximum Gasteiger partial charge on any atom is 0.176 e. The quantitative estimate of drug-likeness (QED) is 0.710. The Hall–Kier alpha value is -1.15. The predicted molar refractivity (Wildman–Crippen MR) is 67.8 cm³/mol. The van der Waals surface area contributed by atoms with Gasteiger partial charge in [0.15, 0.2) is 5.78 Å². The van der Waals surface area contributed by atoms with Gasteiger partial charge >= 0.3 is 0 Å². The lowest BCUT2D eigenvalue weighted by Gasteiger charge is -2.17. The van der Waals surface area contributed by atoms with Gasteiger partial charge in [0.1, 0.15) is 0 Å². The molecular weight excluding hydrogens is 198 g/mol. The van der Waals surface area contributed by atoms with Crippen LogP contribution in [0.5, 0.6) is 0 Å². The SMILES string of the molecule is Cc1cccc(C(=O)CN(C)CC(C)C)c1. The third kappa shape index (κ3) is 4.15. The molecule has 0 spiro atoms. The molecule has 0 heterocycles. The second-order valence-electron chi connectivity index (χ2n) is 4.88. The van der Waals surface area contributed by atoms with Crippen LogP contribution in [-0.2, 0) is 0 Å². The molecule has 0 bridgehead atoms. The number of hydrogen-bond acceptors (Lipinski definition) is 2. The minimum atomic E-state index is 0.201. The van der Waals surface area contributed by atoms with E-state index >= 15 is 0 Å². The first-order chi connectivity index (χ1) is 7.49. The van der Waals surface area contributed by atoms with E-state index in [0.717, 1.165) is 17.7 Å². The van der Waals surface area contributed by atoms with E-state index in [1.54, 1.807) is 0 Å². The van der Waals surface area contributed by atoms with E-state index < -0.39 is 0 Å². The summed E-state index contributed by atoms with van der Waals surface area (Å²) in [5.74, 6) is 0.794. The lowest BCUT2D eigenvalue weighted by atomic mass is 10.1. The van der Waals surface area contributed by atoms with Gasteiger partial charge in [-0.25, -0.2) is 0 Å². The molecular formula is C14H21NO. The molecule has 0 aliphatic heterocycles. The summed E-state index contributed by atoms with van der Waals surface area (Å²) in [5, 5.41) is 0. The molecule has 0 N–H and O–H groups in total. The number of ketones is 1. The van der Waals surface area contributed by atoms with Gasteiger partial charge in [0.2, 0.25) is 0 Å². The Balaban J connectivity index is 2.59. The van der Waals surface area contributed by atoms with Crippen LogP contribution < -0.4 is 0 Å². The lowest BCUT2D eigenvalue weighted by molar-refractivity contribution is 0.0940. The zero-order valence-electron chi connectivity index (χ0n) is 10.7. The van der Waals surface area contributed by atoms with Crippen molar-refractivity contribution in [3.63, 3.8) is 0 Å². The van der Waals surface area contributed by atoms with Crippen molar-refractivity contribution in [2.75, 3.05) is 20.1 Å². The number of aryl methyl sites for hydroxylation is 1. The summed E-state index contributed by atoms with van der Waals surface area (Å²) in [6, 6.07) is 7.78. The molecule has 0 atom stereocenters. The largest absolute Gasteiger partial charge is 0.299 e. The Morgan fingerprint density at radius 1 is 1.38 bits per heavy atom. The normalized spacial score (nSPS) is 11.1. The first-order valence-corrected chi connectivity index (χ1v) is 5.77. The van der Waals surface area contributed by atoms with Gasteiger partial charge in [-0.1, -0.05) is 37.6 Å². The third-order valence-corrected chi connectivity index (χ3v) is 2.43. The summed E-state index contributed by atoms with van der Waals surface area (Å²) < 4.78 is 0. The van der Waals surface area contributed by atoms with Crippen LogP contribution in [0.2, 0.25) is 0 Å². The second kappa shape index (κ2) is 5.80. The fraction of sp³-hybridized carbons (Fsp3) is 0.500. The highest BCUT2D eigenvalue weighted by Crippen LogP contribution is 2.06. The van der Waals surface area contributed by atoms with E-state index in [2.05, 4.69) is 18.7 Å². The van der Waals surface area contributed by atoms with E-state index in [1.807, 2.05) is 38.2 Å². The van der Waals surface area contributed by atoms with Gasteiger partial charge in [-0.05, 0) is 26.0 Å². The molecule has 0 saturated heterocycles. The van der Waals surface area contributed by atoms with E-state index in [9.17, 15) is 4.79 Å². The number of carbonyl (C=O) groups excluding carboxylic acids is 1. The molecule has 2 nitrogen and oxygen atoms in total. The van der Waals surface area contributed by atoms with Crippen molar-refractivity contribution < 1.29 is 4.79 Å². The topological polar surface area (TPSA) is 20.3 Å². The van der Waals surface area contributed by atoms with Gasteiger partial charge < -0.3 is 0 Å². The fourth-order valence-corrected chi connectivity index (χ4v) is 1.84. The maximum atomic E-state index is 11.9. The highest BCUT2D eigenvalue weighted by molar-refractivity contribution is 5.97. The first-order valence-electron chi connectivity index (χ1n) is 5.77. The van der Waals surface area contributed by atoms with Crippen LogP contribution in [0.15, 0.2) is 24.3 Å². The number of Topliss-reactive ketones (excluding diaryl/α,β-unsaturated/α-hetero) is 1. The molecule has 1 rings (SSSR count). The molecule has 2 heteroatoms. The summed E-state index contributed by atoms with van der Waals surface area (Å²) in [6.45, 7) is 7.79. The van der Waals surface area contributed by atoms with Crippen LogP contribution in [0.1, 0.15) is 29.8 Å². The molecule has 0 amide bonds. The number of benzene rings is 1. The fourth-order valence-electron chi connectivity index (χ4n) is 1.84. The molecule has 0 aromatic heterocycles. The van der Waals surface area contributed by atoms with E-state index in [0.29, 0.717) is 12.5 Å². The number of nitrogens with zero attached hydrogens (tertiary/aromatic N) is 1. The molecule has 0 saturated carbocycles. The molecule has 0 unspecified atom stereocenters. The van der Waals surface area contributed by atoms with Crippen molar-refractivity contribution in [3.05, 3.63) is 35.4 Å². The number of rotatable bonds is 5. The Morgan fingerprint density at radius 2 is 2.06 bits per heavy atom. The van der Waals surface area contributed by atoms with Gasteiger partial charge in [0, 0.05) is 12.1 Å². The summed E-state index contributed by atoms with van der Waals surface area (Å²) in [4.78, 5) is 14.0. The van der Waals surface area contributed by atoms with Crippen molar-refractivity contribution in [2.24, 2.45) is 5.92 Å². The molecule has 1 aromatic rings. The Morgan fingerprint density at radius 3 is 2.62 bits per heavy atom. The van der Waals surface area contributed by atoms with Gasteiger partial charge in [-0.2, -0.15) is 0 Å². The average molecular weight is 219 g/mol. The van der Waals surface area contributed by atoms with Crippen LogP contribution in [-0.4, -0.2) is 30.8 Å². The van der Waals surface area contributed by atoms with Crippen molar-refractivity contribution in [1.82, 2.24) is 4.90 Å². The molecule has 1 aromatic carbocycles. The first kappa shape index (κ1) is 12.9. The standard InChI is InChI=1S/C14H21NO/c1-11(2)9-15(4)10-14(16)13-7-5-6-12(3)8-13/h5-8,11H,9-10H2,1-4H3. The summed E-state index contributed by atoms with van der Waals surface area (Å²) in [6.07, 6.45) is 0. The van der Waals surface area contributed by atoms with Crippen LogP contribution in [0.3, 0.4) is 0 Å². The molecule has 16 heavy (non-hydrogen) atoms. The molecule has 0 radical (unpaired) electrons. The highest BCUT2D eigenvalue weighted by Gasteiger charge is 2.10. The third-order valence-electron chi connectivity index (χ3n) is 2.43. The Labute approximate surface area is 98.3 Å². The van der Waals surface area contributed by atoms with Crippen LogP contribution in [0.25, 0.3) is 0 Å². The summed E-state index contributed by atoms with van der Waals surface area (Å²) in [5.41, 5.74) is 1.95. The van der Waals surface area contributed by atoms with Gasteiger partial charge in [0.05, 0.1) is 6.54 Å².